The topological polar surface area (TPSA) is 75.0 Å². The highest BCUT2D eigenvalue weighted by Crippen LogP contribution is 2.40. The summed E-state index contributed by atoms with van der Waals surface area (Å²) in [5.41, 5.74) is 5.35. The number of ether oxygens (including phenoxy) is 1. The zero-order valence-electron chi connectivity index (χ0n) is 18.7. The molecule has 2 aliphatic heterocycles. The Morgan fingerprint density at radius 2 is 1.79 bits per heavy atom. The third-order valence-corrected chi connectivity index (χ3v) is 6.97. The molecule has 3 aliphatic rings. The van der Waals surface area contributed by atoms with Gasteiger partial charge in [-0.25, -0.2) is 0 Å². The zero-order chi connectivity index (χ0) is 23.2. The van der Waals surface area contributed by atoms with Crippen LogP contribution in [0, 0.1) is 0 Å². The second-order valence-corrected chi connectivity index (χ2v) is 8.87. The molecule has 2 aromatic carbocycles. The quantitative estimate of drug-likeness (QED) is 0.564. The van der Waals surface area contributed by atoms with Crippen molar-refractivity contribution >= 4 is 12.0 Å². The maximum Gasteiger partial charge on any atom is 0.277 e. The molecule has 34 heavy (non-hydrogen) atoms. The minimum Gasteiger partial charge on any atom is -0.502 e. The molecule has 6 rings (SSSR count). The summed E-state index contributed by atoms with van der Waals surface area (Å²) in [6, 6.07) is 15.9. The summed E-state index contributed by atoms with van der Waals surface area (Å²) in [4.78, 5) is 27.3. The minimum atomic E-state index is -0.566. The Hall–Kier alpha value is -3.84. The summed E-state index contributed by atoms with van der Waals surface area (Å²) in [5.74, 6) is -0.899. The number of hydrogen-bond donors (Lipinski definition) is 1. The molecule has 1 N–H and O–H groups in total. The second kappa shape index (κ2) is 8.18. The Labute approximate surface area is 197 Å². The van der Waals surface area contributed by atoms with E-state index in [0.717, 1.165) is 24.0 Å². The van der Waals surface area contributed by atoms with Crippen LogP contribution < -0.4 is 10.4 Å². The standard InChI is InChI=1S/C27H25N3O4/c31-22-12-13-29-25(26(22)32)27(33)28-14-16-34-15-4-8-19-6-3-7-20-11-10-18-5-1-2-9-21(18)24(23(19)20)30(29)17-28/h1-9,12-13,24,32H,10-11,14-17H2/b8-4-/t24-/m1/s1. The molecule has 7 nitrogen and oxygen atoms in total. The highest BCUT2D eigenvalue weighted by atomic mass is 16.5. The molecular formula is C27H25N3O4. The maximum atomic E-state index is 13.4. The summed E-state index contributed by atoms with van der Waals surface area (Å²) in [7, 11) is 0. The molecule has 1 aromatic heterocycles. The molecule has 3 heterocycles. The van der Waals surface area contributed by atoms with Crippen molar-refractivity contribution in [1.82, 2.24) is 9.58 Å². The van der Waals surface area contributed by atoms with Gasteiger partial charge in [-0.3, -0.25) is 19.3 Å². The van der Waals surface area contributed by atoms with Gasteiger partial charge < -0.3 is 14.7 Å². The van der Waals surface area contributed by atoms with Crippen molar-refractivity contribution in [2.45, 2.75) is 18.9 Å². The molecule has 2 bridgehead atoms. The second-order valence-electron chi connectivity index (χ2n) is 8.87. The van der Waals surface area contributed by atoms with E-state index in [0.29, 0.717) is 26.4 Å². The average Bonchev–Trinajstić information content (AvgIpc) is 3.01. The number of rotatable bonds is 0. The lowest BCUT2D eigenvalue weighted by atomic mass is 9.90. The van der Waals surface area contributed by atoms with E-state index in [-0.39, 0.29) is 17.6 Å². The van der Waals surface area contributed by atoms with Crippen molar-refractivity contribution in [1.29, 1.82) is 0 Å². The predicted molar refractivity (Wildman–Crippen MR) is 128 cm³/mol. The van der Waals surface area contributed by atoms with Crippen LogP contribution in [0.3, 0.4) is 0 Å². The minimum absolute atomic E-state index is 0.00730. The Bertz CT molecular complexity index is 1380. The molecule has 0 saturated heterocycles. The van der Waals surface area contributed by atoms with E-state index in [1.807, 2.05) is 12.1 Å². The number of carbonyl (C=O) groups is 1. The Morgan fingerprint density at radius 1 is 0.971 bits per heavy atom. The molecule has 1 atom stereocenters. The van der Waals surface area contributed by atoms with Gasteiger partial charge in [-0.1, -0.05) is 54.6 Å². The molecule has 7 heteroatoms. The molecule has 1 amide bonds. The lowest BCUT2D eigenvalue weighted by molar-refractivity contribution is 0.0590. The van der Waals surface area contributed by atoms with Crippen LogP contribution in [0.25, 0.3) is 6.08 Å². The van der Waals surface area contributed by atoms with E-state index in [9.17, 15) is 14.7 Å². The number of aryl methyl sites for hydroxylation is 2. The number of amides is 1. The van der Waals surface area contributed by atoms with E-state index in [1.165, 1.54) is 22.8 Å². The highest BCUT2D eigenvalue weighted by molar-refractivity contribution is 5.96. The Balaban J connectivity index is 1.68. The van der Waals surface area contributed by atoms with Crippen molar-refractivity contribution in [2.24, 2.45) is 0 Å². The average molecular weight is 456 g/mol. The lowest BCUT2D eigenvalue weighted by Crippen LogP contribution is -2.56. The van der Waals surface area contributed by atoms with Gasteiger partial charge in [0.15, 0.2) is 11.4 Å². The SMILES string of the molecule is O=C1c2c(O)c(=O)ccn2N2CN1CCOC/C=C\c1cccc3c1[C@H]2c1ccccc1CC3. The first-order chi connectivity index (χ1) is 16.6. The predicted octanol–water partition coefficient (Wildman–Crippen LogP) is 2.84. The van der Waals surface area contributed by atoms with Crippen LogP contribution in [0.1, 0.15) is 44.3 Å². The molecule has 0 fully saturated rings. The van der Waals surface area contributed by atoms with Crippen molar-refractivity contribution in [2.75, 3.05) is 31.4 Å². The molecule has 0 unspecified atom stereocenters. The monoisotopic (exact) mass is 455 g/mol. The number of benzene rings is 2. The first kappa shape index (κ1) is 20.7. The van der Waals surface area contributed by atoms with Crippen LogP contribution in [0.5, 0.6) is 5.75 Å². The Morgan fingerprint density at radius 3 is 2.71 bits per heavy atom. The molecule has 3 aromatic rings. The van der Waals surface area contributed by atoms with Gasteiger partial charge in [-0.15, -0.1) is 0 Å². The van der Waals surface area contributed by atoms with Gasteiger partial charge in [-0.05, 0) is 40.7 Å². The molecule has 172 valence electrons. The normalized spacial score (nSPS) is 20.2. The molecule has 1 aliphatic carbocycles. The van der Waals surface area contributed by atoms with Crippen LogP contribution in [-0.2, 0) is 17.6 Å². The third-order valence-electron chi connectivity index (χ3n) is 6.97. The van der Waals surface area contributed by atoms with Crippen molar-refractivity contribution in [3.63, 3.8) is 0 Å². The number of nitrogens with zero attached hydrogens (tertiary/aromatic N) is 3. The van der Waals surface area contributed by atoms with E-state index < -0.39 is 11.2 Å². The summed E-state index contributed by atoms with van der Waals surface area (Å²) < 4.78 is 7.42. The smallest absolute Gasteiger partial charge is 0.277 e. The molecule has 0 radical (unpaired) electrons. The van der Waals surface area contributed by atoms with Crippen LogP contribution in [0.4, 0.5) is 0 Å². The molecule has 0 spiro atoms. The first-order valence-electron chi connectivity index (χ1n) is 11.6. The van der Waals surface area contributed by atoms with Crippen molar-refractivity contribution in [3.8, 4) is 5.75 Å². The van der Waals surface area contributed by atoms with Crippen molar-refractivity contribution in [3.05, 3.63) is 105 Å². The van der Waals surface area contributed by atoms with E-state index in [1.54, 1.807) is 15.8 Å². The number of hydrogen-bond acceptors (Lipinski definition) is 5. The van der Waals surface area contributed by atoms with Crippen LogP contribution in [0.15, 0.2) is 65.6 Å². The largest absolute Gasteiger partial charge is 0.502 e. The van der Waals surface area contributed by atoms with E-state index in [4.69, 9.17) is 4.74 Å². The first-order valence-corrected chi connectivity index (χ1v) is 11.6. The van der Waals surface area contributed by atoms with Gasteiger partial charge in [0.1, 0.15) is 6.67 Å². The third kappa shape index (κ3) is 3.23. The van der Waals surface area contributed by atoms with E-state index in [2.05, 4.69) is 47.5 Å². The molecular weight excluding hydrogens is 430 g/mol. The number of aromatic hydroxyl groups is 1. The number of pyridine rings is 1. The van der Waals surface area contributed by atoms with Gasteiger partial charge in [-0.2, -0.15) is 0 Å². The number of carbonyl (C=O) groups excluding carboxylic acids is 1. The van der Waals surface area contributed by atoms with Gasteiger partial charge in [0.25, 0.3) is 5.91 Å². The maximum absolute atomic E-state index is 13.4. The van der Waals surface area contributed by atoms with Crippen LogP contribution in [0.2, 0.25) is 0 Å². The fourth-order valence-corrected chi connectivity index (χ4v) is 5.36. The van der Waals surface area contributed by atoms with Gasteiger partial charge in [0.05, 0.1) is 19.3 Å². The summed E-state index contributed by atoms with van der Waals surface area (Å²) >= 11 is 0. The van der Waals surface area contributed by atoms with E-state index >= 15 is 0 Å². The fourth-order valence-electron chi connectivity index (χ4n) is 5.36. The van der Waals surface area contributed by atoms with Gasteiger partial charge in [0.2, 0.25) is 5.43 Å². The van der Waals surface area contributed by atoms with Crippen molar-refractivity contribution < 1.29 is 14.6 Å². The number of aromatic nitrogens is 1. The molecule has 0 saturated carbocycles. The number of fused-ring (bicyclic) bond motifs is 7. The lowest BCUT2D eigenvalue weighted by Gasteiger charge is -2.44. The van der Waals surface area contributed by atoms with Gasteiger partial charge in [0, 0.05) is 18.8 Å². The fraction of sp³-hybridized carbons (Fsp3) is 0.259. The summed E-state index contributed by atoms with van der Waals surface area (Å²) in [5, 5.41) is 12.8. The van der Waals surface area contributed by atoms with Crippen LogP contribution >= 0.6 is 0 Å². The van der Waals surface area contributed by atoms with Crippen LogP contribution in [-0.4, -0.2) is 47.0 Å². The summed E-state index contributed by atoms with van der Waals surface area (Å²) in [6.07, 6.45) is 7.54. The van der Waals surface area contributed by atoms with Gasteiger partial charge >= 0.3 is 0 Å². The Kier molecular flexibility index (Phi) is 4.99. The summed E-state index contributed by atoms with van der Waals surface area (Å²) in [6.45, 7) is 1.45. The highest BCUT2D eigenvalue weighted by Gasteiger charge is 2.38. The zero-order valence-corrected chi connectivity index (χ0v) is 18.7.